The van der Waals surface area contributed by atoms with Gasteiger partial charge in [0.15, 0.2) is 0 Å². The van der Waals surface area contributed by atoms with Crippen LogP contribution in [0, 0.1) is 0 Å². The standard InChI is InChI=1S/C12H20N4/c1-2-13-12-15-8-10(9-16-12)7-14-11-5-3-4-6-11/h8-9,11,14H,2-7H2,1H3,(H,13,15,16). The van der Waals surface area contributed by atoms with Crippen molar-refractivity contribution >= 4 is 5.95 Å². The van der Waals surface area contributed by atoms with Crippen LogP contribution in [-0.4, -0.2) is 22.6 Å². The summed E-state index contributed by atoms with van der Waals surface area (Å²) in [4.78, 5) is 8.50. The first-order valence-electron chi connectivity index (χ1n) is 6.16. The first-order chi connectivity index (χ1) is 7.88. The van der Waals surface area contributed by atoms with Crippen molar-refractivity contribution in [1.29, 1.82) is 0 Å². The Morgan fingerprint density at radius 3 is 2.56 bits per heavy atom. The molecule has 0 unspecified atom stereocenters. The Kier molecular flexibility index (Phi) is 4.10. The predicted octanol–water partition coefficient (Wildman–Crippen LogP) is 1.94. The van der Waals surface area contributed by atoms with Crippen molar-refractivity contribution in [1.82, 2.24) is 15.3 Å². The van der Waals surface area contributed by atoms with Gasteiger partial charge in [-0.25, -0.2) is 9.97 Å². The monoisotopic (exact) mass is 220 g/mol. The number of nitrogens with one attached hydrogen (secondary N) is 2. The summed E-state index contributed by atoms with van der Waals surface area (Å²) in [5, 5.41) is 6.64. The van der Waals surface area contributed by atoms with E-state index < -0.39 is 0 Å². The van der Waals surface area contributed by atoms with Gasteiger partial charge in [-0.1, -0.05) is 12.8 Å². The molecule has 0 aromatic carbocycles. The van der Waals surface area contributed by atoms with Gasteiger partial charge in [0.1, 0.15) is 0 Å². The number of anilines is 1. The Balaban J connectivity index is 1.80. The molecule has 0 saturated heterocycles. The molecule has 0 aliphatic heterocycles. The minimum absolute atomic E-state index is 0.702. The zero-order valence-electron chi connectivity index (χ0n) is 9.87. The van der Waals surface area contributed by atoms with Crippen LogP contribution in [0.4, 0.5) is 5.95 Å². The number of nitrogens with zero attached hydrogens (tertiary/aromatic N) is 2. The highest BCUT2D eigenvalue weighted by Crippen LogP contribution is 2.17. The average Bonchev–Trinajstić information content (AvgIpc) is 2.82. The van der Waals surface area contributed by atoms with Gasteiger partial charge in [-0.2, -0.15) is 0 Å². The molecule has 4 heteroatoms. The normalized spacial score (nSPS) is 16.6. The van der Waals surface area contributed by atoms with Crippen molar-refractivity contribution in [3.8, 4) is 0 Å². The lowest BCUT2D eigenvalue weighted by Gasteiger charge is -2.11. The van der Waals surface area contributed by atoms with Gasteiger partial charge in [0.25, 0.3) is 0 Å². The molecule has 2 rings (SSSR count). The second-order valence-corrected chi connectivity index (χ2v) is 4.31. The molecule has 1 heterocycles. The van der Waals surface area contributed by atoms with Gasteiger partial charge >= 0.3 is 0 Å². The van der Waals surface area contributed by atoms with Crippen molar-refractivity contribution in [2.24, 2.45) is 0 Å². The quantitative estimate of drug-likeness (QED) is 0.796. The fourth-order valence-corrected chi connectivity index (χ4v) is 2.09. The third-order valence-corrected chi connectivity index (χ3v) is 2.99. The lowest BCUT2D eigenvalue weighted by atomic mass is 10.2. The number of aromatic nitrogens is 2. The molecular formula is C12H20N4. The molecule has 0 radical (unpaired) electrons. The Morgan fingerprint density at radius 2 is 1.94 bits per heavy atom. The molecule has 1 aliphatic carbocycles. The first kappa shape index (κ1) is 11.3. The molecular weight excluding hydrogens is 200 g/mol. The Hall–Kier alpha value is -1.16. The van der Waals surface area contributed by atoms with Gasteiger partial charge < -0.3 is 10.6 Å². The molecule has 1 aromatic rings. The summed E-state index contributed by atoms with van der Waals surface area (Å²) in [6.07, 6.45) is 9.16. The van der Waals surface area contributed by atoms with Gasteiger partial charge in [-0.3, -0.25) is 0 Å². The van der Waals surface area contributed by atoms with Crippen LogP contribution in [0.15, 0.2) is 12.4 Å². The van der Waals surface area contributed by atoms with Crippen LogP contribution in [0.1, 0.15) is 38.2 Å². The van der Waals surface area contributed by atoms with Gasteiger partial charge in [0.2, 0.25) is 5.95 Å². The van der Waals surface area contributed by atoms with Crippen LogP contribution in [0.2, 0.25) is 0 Å². The minimum atomic E-state index is 0.702. The maximum absolute atomic E-state index is 4.25. The highest BCUT2D eigenvalue weighted by Gasteiger charge is 2.13. The predicted molar refractivity (Wildman–Crippen MR) is 65.3 cm³/mol. The molecule has 0 spiro atoms. The number of rotatable bonds is 5. The molecule has 1 fully saturated rings. The van der Waals surface area contributed by atoms with Gasteiger partial charge in [0, 0.05) is 37.1 Å². The number of hydrogen-bond donors (Lipinski definition) is 2. The van der Waals surface area contributed by atoms with E-state index in [1.807, 2.05) is 19.3 Å². The zero-order chi connectivity index (χ0) is 11.2. The van der Waals surface area contributed by atoms with E-state index >= 15 is 0 Å². The molecule has 0 atom stereocenters. The SMILES string of the molecule is CCNc1ncc(CNC2CCCC2)cn1. The summed E-state index contributed by atoms with van der Waals surface area (Å²) < 4.78 is 0. The summed E-state index contributed by atoms with van der Waals surface area (Å²) in [6.45, 7) is 3.79. The molecule has 0 amide bonds. The van der Waals surface area contributed by atoms with E-state index in [0.717, 1.165) is 18.7 Å². The van der Waals surface area contributed by atoms with E-state index in [4.69, 9.17) is 0 Å². The molecule has 1 aromatic heterocycles. The topological polar surface area (TPSA) is 49.8 Å². The Morgan fingerprint density at radius 1 is 1.25 bits per heavy atom. The van der Waals surface area contributed by atoms with Crippen molar-refractivity contribution in [2.45, 2.75) is 45.2 Å². The van der Waals surface area contributed by atoms with E-state index in [1.54, 1.807) is 0 Å². The second-order valence-electron chi connectivity index (χ2n) is 4.31. The van der Waals surface area contributed by atoms with Crippen LogP contribution in [0.25, 0.3) is 0 Å². The van der Waals surface area contributed by atoms with Gasteiger partial charge in [-0.15, -0.1) is 0 Å². The third kappa shape index (κ3) is 3.17. The first-order valence-corrected chi connectivity index (χ1v) is 6.16. The van der Waals surface area contributed by atoms with Crippen LogP contribution >= 0.6 is 0 Å². The van der Waals surface area contributed by atoms with Crippen LogP contribution in [0.5, 0.6) is 0 Å². The van der Waals surface area contributed by atoms with Gasteiger partial charge in [0.05, 0.1) is 0 Å². The van der Waals surface area contributed by atoms with Crippen molar-refractivity contribution in [3.05, 3.63) is 18.0 Å². The van der Waals surface area contributed by atoms with Crippen LogP contribution in [-0.2, 0) is 6.54 Å². The highest BCUT2D eigenvalue weighted by atomic mass is 15.1. The zero-order valence-corrected chi connectivity index (χ0v) is 9.87. The van der Waals surface area contributed by atoms with E-state index in [2.05, 4.69) is 20.6 Å². The lowest BCUT2D eigenvalue weighted by Crippen LogP contribution is -2.25. The second kappa shape index (κ2) is 5.80. The summed E-state index contributed by atoms with van der Waals surface area (Å²) in [7, 11) is 0. The van der Waals surface area contributed by atoms with Crippen LogP contribution in [0.3, 0.4) is 0 Å². The molecule has 0 bridgehead atoms. The fraction of sp³-hybridized carbons (Fsp3) is 0.667. The molecule has 1 saturated carbocycles. The van der Waals surface area contributed by atoms with E-state index in [1.165, 1.54) is 25.7 Å². The lowest BCUT2D eigenvalue weighted by molar-refractivity contribution is 0.523. The number of hydrogen-bond acceptors (Lipinski definition) is 4. The summed E-state index contributed by atoms with van der Waals surface area (Å²) in [6, 6.07) is 0.702. The molecule has 4 nitrogen and oxygen atoms in total. The van der Waals surface area contributed by atoms with E-state index in [0.29, 0.717) is 12.0 Å². The summed E-state index contributed by atoms with van der Waals surface area (Å²) in [5.74, 6) is 0.715. The Labute approximate surface area is 96.9 Å². The van der Waals surface area contributed by atoms with Crippen molar-refractivity contribution < 1.29 is 0 Å². The average molecular weight is 220 g/mol. The van der Waals surface area contributed by atoms with E-state index in [9.17, 15) is 0 Å². The van der Waals surface area contributed by atoms with Gasteiger partial charge in [-0.05, 0) is 19.8 Å². The maximum atomic E-state index is 4.25. The minimum Gasteiger partial charge on any atom is -0.355 e. The summed E-state index contributed by atoms with van der Waals surface area (Å²) in [5.41, 5.74) is 1.16. The Bertz CT molecular complexity index is 303. The fourth-order valence-electron chi connectivity index (χ4n) is 2.09. The summed E-state index contributed by atoms with van der Waals surface area (Å²) >= 11 is 0. The largest absolute Gasteiger partial charge is 0.355 e. The van der Waals surface area contributed by atoms with Crippen molar-refractivity contribution in [3.63, 3.8) is 0 Å². The van der Waals surface area contributed by atoms with E-state index in [-0.39, 0.29) is 0 Å². The highest BCUT2D eigenvalue weighted by molar-refractivity contribution is 5.24. The third-order valence-electron chi connectivity index (χ3n) is 2.99. The molecule has 2 N–H and O–H groups in total. The maximum Gasteiger partial charge on any atom is 0.222 e. The molecule has 1 aliphatic rings. The smallest absolute Gasteiger partial charge is 0.222 e. The molecule has 16 heavy (non-hydrogen) atoms. The molecule has 88 valence electrons. The van der Waals surface area contributed by atoms with Crippen LogP contribution < -0.4 is 10.6 Å². The van der Waals surface area contributed by atoms with Crippen molar-refractivity contribution in [2.75, 3.05) is 11.9 Å².